The first-order valence-electron chi connectivity index (χ1n) is 24.0. The Morgan fingerprint density at radius 1 is 0.288 bits per heavy atom. The summed E-state index contributed by atoms with van der Waals surface area (Å²) in [5, 5.41) is 0. The van der Waals surface area contributed by atoms with Gasteiger partial charge in [-0.15, -0.1) is 0 Å². The van der Waals surface area contributed by atoms with Crippen LogP contribution in [0.15, 0.2) is 0 Å². The molecule has 0 aromatic carbocycles. The molecule has 0 spiro atoms. The molecular formula is C48H99AlO3. The van der Waals surface area contributed by atoms with Crippen LogP contribution in [0.5, 0.6) is 0 Å². The second-order valence-electron chi connectivity index (χ2n) is 18.2. The van der Waals surface area contributed by atoms with Crippen molar-refractivity contribution in [1.29, 1.82) is 0 Å². The number of unbranched alkanes of at least 4 members (excludes halogenated alkanes) is 18. The van der Waals surface area contributed by atoms with E-state index >= 15 is 0 Å². The highest BCUT2D eigenvalue weighted by Gasteiger charge is 2.53. The summed E-state index contributed by atoms with van der Waals surface area (Å²) < 4.78 is 23.6. The van der Waals surface area contributed by atoms with Crippen LogP contribution in [0, 0.1) is 17.8 Å². The minimum Gasteiger partial charge on any atom is -0.449 e. The van der Waals surface area contributed by atoms with Crippen LogP contribution in [0.1, 0.15) is 276 Å². The second kappa shape index (κ2) is 32.5. The van der Waals surface area contributed by atoms with Crippen molar-refractivity contribution in [3.05, 3.63) is 0 Å². The van der Waals surface area contributed by atoms with Crippen molar-refractivity contribution in [3.8, 4) is 0 Å². The molecule has 0 N–H and O–H groups in total. The third-order valence-electron chi connectivity index (χ3n) is 12.9. The second-order valence-corrected chi connectivity index (χ2v) is 19.4. The molecule has 312 valence electrons. The predicted octanol–water partition coefficient (Wildman–Crippen LogP) is 17.0. The molecule has 0 saturated heterocycles. The molecule has 0 heterocycles. The Balaban J connectivity index is 7.26. The highest BCUT2D eigenvalue weighted by atomic mass is 27.3. The predicted molar refractivity (Wildman–Crippen MR) is 234 cm³/mol. The third kappa shape index (κ3) is 21.6. The van der Waals surface area contributed by atoms with Gasteiger partial charge in [-0.05, 0) is 56.3 Å². The van der Waals surface area contributed by atoms with Crippen molar-refractivity contribution in [3.63, 3.8) is 0 Å². The van der Waals surface area contributed by atoms with E-state index in [-0.39, 0.29) is 16.8 Å². The Morgan fingerprint density at radius 3 is 0.596 bits per heavy atom. The average Bonchev–Trinajstić information content (AvgIpc) is 3.11. The van der Waals surface area contributed by atoms with Crippen LogP contribution in [-0.2, 0) is 11.4 Å². The minimum atomic E-state index is -2.63. The van der Waals surface area contributed by atoms with E-state index in [1.165, 1.54) is 154 Å². The minimum absolute atomic E-state index is 0.182. The first kappa shape index (κ1) is 52.4. The third-order valence-corrected chi connectivity index (χ3v) is 14.9. The van der Waals surface area contributed by atoms with Gasteiger partial charge in [-0.25, -0.2) is 0 Å². The molecule has 0 aliphatic heterocycles. The van der Waals surface area contributed by atoms with E-state index in [1.807, 2.05) is 0 Å². The van der Waals surface area contributed by atoms with E-state index in [0.717, 1.165) is 38.5 Å². The van der Waals surface area contributed by atoms with E-state index in [2.05, 4.69) is 83.1 Å². The molecule has 0 aliphatic rings. The van der Waals surface area contributed by atoms with Gasteiger partial charge in [0.15, 0.2) is 0 Å². The Hall–Kier alpha value is 0.412. The van der Waals surface area contributed by atoms with Crippen LogP contribution in [-0.4, -0.2) is 32.0 Å². The average molecular weight is 751 g/mol. The summed E-state index contributed by atoms with van der Waals surface area (Å²) in [5.74, 6) is 1.30. The molecule has 0 rings (SSSR count). The first-order chi connectivity index (χ1) is 25.0. The van der Waals surface area contributed by atoms with Gasteiger partial charge < -0.3 is 11.4 Å². The lowest BCUT2D eigenvalue weighted by Crippen LogP contribution is -2.55. The van der Waals surface area contributed by atoms with E-state index in [0.29, 0.717) is 17.8 Å². The molecule has 0 aromatic heterocycles. The summed E-state index contributed by atoms with van der Waals surface area (Å²) in [4.78, 5) is 0. The molecule has 0 fully saturated rings. The van der Waals surface area contributed by atoms with Gasteiger partial charge >= 0.3 is 15.1 Å². The monoisotopic (exact) mass is 751 g/mol. The molecular weight excluding hydrogens is 652 g/mol. The van der Waals surface area contributed by atoms with Crippen LogP contribution < -0.4 is 0 Å². The summed E-state index contributed by atoms with van der Waals surface area (Å²) in [6.07, 6.45) is 37.6. The first-order valence-corrected chi connectivity index (χ1v) is 25.4. The summed E-state index contributed by atoms with van der Waals surface area (Å²) in [7, 11) is 0. The Morgan fingerprint density at radius 2 is 0.462 bits per heavy atom. The van der Waals surface area contributed by atoms with Crippen molar-refractivity contribution >= 4 is 15.1 Å². The van der Waals surface area contributed by atoms with Crippen molar-refractivity contribution in [1.82, 2.24) is 0 Å². The Labute approximate surface area is 335 Å². The lowest BCUT2D eigenvalue weighted by atomic mass is 9.81. The summed E-state index contributed by atoms with van der Waals surface area (Å²) in [6.45, 7) is 28.7. The molecule has 0 saturated carbocycles. The quantitative estimate of drug-likeness (QED) is 0.0462. The van der Waals surface area contributed by atoms with Gasteiger partial charge in [0.2, 0.25) is 0 Å². The molecule has 0 radical (unpaired) electrons. The zero-order valence-electron chi connectivity index (χ0n) is 38.2. The van der Waals surface area contributed by atoms with Gasteiger partial charge in [-0.3, -0.25) is 0 Å². The fraction of sp³-hybridized carbons (Fsp3) is 1.00. The summed E-state index contributed by atoms with van der Waals surface area (Å²) >= 11 is -2.63. The Bertz CT molecular complexity index is 629. The van der Waals surface area contributed by atoms with Crippen molar-refractivity contribution in [2.24, 2.45) is 17.8 Å². The van der Waals surface area contributed by atoms with Gasteiger partial charge in [0.1, 0.15) is 0 Å². The summed E-state index contributed by atoms with van der Waals surface area (Å²) in [5.41, 5.74) is -0.546. The molecule has 3 nitrogen and oxygen atoms in total. The maximum Gasteiger partial charge on any atom is 0.906 e. The van der Waals surface area contributed by atoms with Gasteiger partial charge in [-0.2, -0.15) is 0 Å². The highest BCUT2D eigenvalue weighted by Crippen LogP contribution is 2.43. The number of hydrogen-bond donors (Lipinski definition) is 0. The molecule has 0 atom stereocenters. The van der Waals surface area contributed by atoms with Crippen molar-refractivity contribution < 1.29 is 11.4 Å². The van der Waals surface area contributed by atoms with E-state index < -0.39 is 15.1 Å². The SMILES string of the molecule is CCCCCCC(CCCCCC)([O][Al]([O]C(CCCCCC)(CCCCCC)C(C)C)[O]C(CCCCCC)(CCCCCC)C(C)C)C(C)C. The van der Waals surface area contributed by atoms with Crippen LogP contribution in [0.4, 0.5) is 0 Å². The highest BCUT2D eigenvalue weighted by molar-refractivity contribution is 6.37. The maximum atomic E-state index is 7.88. The topological polar surface area (TPSA) is 27.7 Å². The molecule has 4 heteroatoms. The standard InChI is InChI=1S/3C16H33O.Al/c3*1-5-7-9-11-13-16(17,15(3)4)14-12-10-8-6-2;/h3*15H,5-14H2,1-4H3;/q3*-1;+3. The molecule has 52 heavy (non-hydrogen) atoms. The van der Waals surface area contributed by atoms with E-state index in [9.17, 15) is 0 Å². The molecule has 0 amide bonds. The number of hydrogen-bond acceptors (Lipinski definition) is 3. The molecule has 0 bridgehead atoms. The largest absolute Gasteiger partial charge is 0.906 e. The summed E-state index contributed by atoms with van der Waals surface area (Å²) in [6, 6.07) is 0. The molecule has 0 unspecified atom stereocenters. The lowest BCUT2D eigenvalue weighted by molar-refractivity contribution is -0.136. The van der Waals surface area contributed by atoms with Crippen LogP contribution in [0.3, 0.4) is 0 Å². The zero-order chi connectivity index (χ0) is 39.1. The number of rotatable bonds is 39. The zero-order valence-corrected chi connectivity index (χ0v) is 39.4. The maximum absolute atomic E-state index is 7.88. The van der Waals surface area contributed by atoms with Crippen LogP contribution in [0.2, 0.25) is 0 Å². The Kier molecular flexibility index (Phi) is 32.8. The van der Waals surface area contributed by atoms with E-state index in [1.54, 1.807) is 0 Å². The van der Waals surface area contributed by atoms with Gasteiger partial charge in [0.25, 0.3) is 0 Å². The van der Waals surface area contributed by atoms with Gasteiger partial charge in [0.05, 0.1) is 0 Å². The fourth-order valence-electron chi connectivity index (χ4n) is 8.62. The van der Waals surface area contributed by atoms with Crippen LogP contribution >= 0.6 is 0 Å². The smallest absolute Gasteiger partial charge is 0.449 e. The lowest BCUT2D eigenvalue weighted by Gasteiger charge is -2.48. The van der Waals surface area contributed by atoms with E-state index in [4.69, 9.17) is 11.4 Å². The van der Waals surface area contributed by atoms with Gasteiger partial charge in [-0.1, -0.05) is 237 Å². The van der Waals surface area contributed by atoms with Crippen molar-refractivity contribution in [2.75, 3.05) is 0 Å². The molecule has 0 aliphatic carbocycles. The molecule has 0 aromatic rings. The normalized spacial score (nSPS) is 13.0. The van der Waals surface area contributed by atoms with Gasteiger partial charge in [0, 0.05) is 16.8 Å². The van der Waals surface area contributed by atoms with Crippen molar-refractivity contribution in [2.45, 2.75) is 293 Å². The van der Waals surface area contributed by atoms with Crippen LogP contribution in [0.25, 0.3) is 0 Å². The fourth-order valence-corrected chi connectivity index (χ4v) is 11.4.